The number of hydrogen-bond donors (Lipinski definition) is 0. The molecule has 0 saturated carbocycles. The lowest BCUT2D eigenvalue weighted by molar-refractivity contribution is 1.18. The van der Waals surface area contributed by atoms with E-state index in [4.69, 9.17) is 0 Å². The molecule has 0 saturated heterocycles. The number of thiophene rings is 2. The molecule has 0 spiro atoms. The second-order valence-electron chi connectivity index (χ2n) is 3.20. The molecule has 84 valence electrons. The van der Waals surface area contributed by atoms with E-state index in [9.17, 15) is 0 Å². The average molecular weight is 248 g/mol. The monoisotopic (exact) mass is 248 g/mol. The Kier molecular flexibility index (Phi) is 6.54. The van der Waals surface area contributed by atoms with Crippen LogP contribution in [0.25, 0.3) is 0 Å². The van der Waals surface area contributed by atoms with Crippen LogP contribution >= 0.6 is 22.7 Å². The maximum atomic E-state index is 3.72. The first-order valence-electron chi connectivity index (χ1n) is 5.11. The SMILES string of the molecule is C=CCc1cscc1CC=C.c1ccsc1. The van der Waals surface area contributed by atoms with Gasteiger partial charge in [-0.15, -0.1) is 13.2 Å². The first-order valence-corrected chi connectivity index (χ1v) is 7.00. The molecule has 0 aliphatic rings. The van der Waals surface area contributed by atoms with Gasteiger partial charge in [0.05, 0.1) is 0 Å². The Morgan fingerprint density at radius 3 is 1.69 bits per heavy atom. The summed E-state index contributed by atoms with van der Waals surface area (Å²) in [5.74, 6) is 0. The van der Waals surface area contributed by atoms with E-state index < -0.39 is 0 Å². The Bertz CT molecular complexity index is 354. The maximum Gasteiger partial charge on any atom is -0.00551 e. The molecule has 0 aliphatic carbocycles. The van der Waals surface area contributed by atoms with Gasteiger partial charge >= 0.3 is 0 Å². The Morgan fingerprint density at radius 1 is 0.875 bits per heavy atom. The summed E-state index contributed by atoms with van der Waals surface area (Å²) < 4.78 is 0. The quantitative estimate of drug-likeness (QED) is 0.671. The first kappa shape index (κ1) is 12.9. The lowest BCUT2D eigenvalue weighted by atomic mass is 10.1. The molecular formula is C14H16S2. The van der Waals surface area contributed by atoms with Gasteiger partial charge in [-0.05, 0) is 45.5 Å². The van der Waals surface area contributed by atoms with Crippen molar-refractivity contribution in [3.63, 3.8) is 0 Å². The van der Waals surface area contributed by atoms with Crippen LogP contribution in [0.5, 0.6) is 0 Å². The predicted octanol–water partition coefficient (Wildman–Crippen LogP) is 4.95. The van der Waals surface area contributed by atoms with E-state index >= 15 is 0 Å². The lowest BCUT2D eigenvalue weighted by Crippen LogP contribution is -1.84. The minimum Gasteiger partial charge on any atom is -0.152 e. The van der Waals surface area contributed by atoms with Gasteiger partial charge in [-0.1, -0.05) is 24.3 Å². The summed E-state index contributed by atoms with van der Waals surface area (Å²) in [5.41, 5.74) is 2.79. The van der Waals surface area contributed by atoms with Crippen molar-refractivity contribution < 1.29 is 0 Å². The molecule has 2 heteroatoms. The summed E-state index contributed by atoms with van der Waals surface area (Å²) in [6.07, 6.45) is 5.84. The second kappa shape index (κ2) is 8.08. The van der Waals surface area contributed by atoms with Gasteiger partial charge in [-0.25, -0.2) is 0 Å². The van der Waals surface area contributed by atoms with Crippen molar-refractivity contribution >= 4 is 22.7 Å². The number of allylic oxidation sites excluding steroid dienone is 2. The molecule has 0 fully saturated rings. The second-order valence-corrected chi connectivity index (χ2v) is 4.76. The van der Waals surface area contributed by atoms with Crippen LogP contribution in [0.15, 0.2) is 59.0 Å². The topological polar surface area (TPSA) is 0 Å². The molecule has 2 aromatic rings. The minimum absolute atomic E-state index is 0.979. The number of rotatable bonds is 4. The normalized spacial score (nSPS) is 9.00. The van der Waals surface area contributed by atoms with Crippen LogP contribution in [0.3, 0.4) is 0 Å². The third kappa shape index (κ3) is 4.60. The van der Waals surface area contributed by atoms with E-state index in [-0.39, 0.29) is 0 Å². The van der Waals surface area contributed by atoms with E-state index in [0.717, 1.165) is 12.8 Å². The summed E-state index contributed by atoms with van der Waals surface area (Å²) >= 11 is 3.46. The van der Waals surface area contributed by atoms with Gasteiger partial charge in [0, 0.05) is 0 Å². The van der Waals surface area contributed by atoms with Gasteiger partial charge in [-0.2, -0.15) is 22.7 Å². The van der Waals surface area contributed by atoms with Crippen LogP contribution in [0.1, 0.15) is 11.1 Å². The zero-order valence-corrected chi connectivity index (χ0v) is 10.9. The summed E-state index contributed by atoms with van der Waals surface area (Å²) in [5, 5.41) is 8.45. The highest BCUT2D eigenvalue weighted by Crippen LogP contribution is 2.16. The molecular weight excluding hydrogens is 232 g/mol. The highest BCUT2D eigenvalue weighted by atomic mass is 32.1. The molecule has 0 amide bonds. The van der Waals surface area contributed by atoms with Crippen molar-refractivity contribution in [3.8, 4) is 0 Å². The molecule has 0 radical (unpaired) electrons. The summed E-state index contributed by atoms with van der Waals surface area (Å²) in [6.45, 7) is 7.43. The van der Waals surface area contributed by atoms with Gasteiger partial charge in [0.15, 0.2) is 0 Å². The molecule has 0 unspecified atom stereocenters. The molecule has 0 bridgehead atoms. The molecule has 16 heavy (non-hydrogen) atoms. The van der Waals surface area contributed by atoms with Crippen LogP contribution in [-0.2, 0) is 12.8 Å². The van der Waals surface area contributed by atoms with Crippen molar-refractivity contribution in [2.45, 2.75) is 12.8 Å². The molecule has 0 N–H and O–H groups in total. The third-order valence-electron chi connectivity index (χ3n) is 1.99. The van der Waals surface area contributed by atoms with Crippen LogP contribution in [-0.4, -0.2) is 0 Å². The highest BCUT2D eigenvalue weighted by molar-refractivity contribution is 7.08. The fourth-order valence-corrected chi connectivity index (χ4v) is 2.59. The largest absolute Gasteiger partial charge is 0.152 e. The van der Waals surface area contributed by atoms with Crippen molar-refractivity contribution in [2.24, 2.45) is 0 Å². The Labute approximate surface area is 106 Å². The number of hydrogen-bond acceptors (Lipinski definition) is 2. The molecule has 2 rings (SSSR count). The fraction of sp³-hybridized carbons (Fsp3) is 0.143. The Morgan fingerprint density at radius 2 is 1.38 bits per heavy atom. The first-order chi connectivity index (χ1) is 7.88. The zero-order chi connectivity index (χ0) is 11.6. The average Bonchev–Trinajstić information content (AvgIpc) is 2.93. The van der Waals surface area contributed by atoms with Crippen LogP contribution in [0, 0.1) is 0 Å². The van der Waals surface area contributed by atoms with E-state index in [0.29, 0.717) is 0 Å². The Hall–Kier alpha value is -1.12. The standard InChI is InChI=1S/C10H12S.C4H4S/c1-3-5-9-7-11-8-10(9)6-4-2;1-2-4-5-3-1/h3-4,7-8H,1-2,5-6H2;1-4H. The molecule has 0 aromatic carbocycles. The predicted molar refractivity (Wildman–Crippen MR) is 76.4 cm³/mol. The molecule has 0 nitrogen and oxygen atoms in total. The van der Waals surface area contributed by atoms with E-state index in [2.05, 4.69) is 23.9 Å². The van der Waals surface area contributed by atoms with Gasteiger partial charge in [0.2, 0.25) is 0 Å². The Balaban J connectivity index is 0.000000212. The van der Waals surface area contributed by atoms with E-state index in [1.807, 2.05) is 35.0 Å². The van der Waals surface area contributed by atoms with Crippen LogP contribution < -0.4 is 0 Å². The van der Waals surface area contributed by atoms with Gasteiger partial charge in [0.1, 0.15) is 0 Å². The fourth-order valence-electron chi connectivity index (χ4n) is 1.25. The third-order valence-corrected chi connectivity index (χ3v) is 3.46. The smallest absolute Gasteiger partial charge is 0.00551 e. The van der Waals surface area contributed by atoms with Crippen molar-refractivity contribution in [1.82, 2.24) is 0 Å². The van der Waals surface area contributed by atoms with Gasteiger partial charge in [0.25, 0.3) is 0 Å². The molecule has 2 heterocycles. The highest BCUT2D eigenvalue weighted by Gasteiger charge is 1.98. The summed E-state index contributed by atoms with van der Waals surface area (Å²) in [6, 6.07) is 4.04. The van der Waals surface area contributed by atoms with Gasteiger partial charge in [-0.3, -0.25) is 0 Å². The molecule has 0 atom stereocenters. The lowest BCUT2D eigenvalue weighted by Gasteiger charge is -1.95. The van der Waals surface area contributed by atoms with Crippen LogP contribution in [0.4, 0.5) is 0 Å². The van der Waals surface area contributed by atoms with E-state index in [1.165, 1.54) is 11.1 Å². The van der Waals surface area contributed by atoms with E-state index in [1.54, 1.807) is 22.7 Å². The van der Waals surface area contributed by atoms with Crippen molar-refractivity contribution in [1.29, 1.82) is 0 Å². The van der Waals surface area contributed by atoms with Gasteiger partial charge < -0.3 is 0 Å². The van der Waals surface area contributed by atoms with Crippen molar-refractivity contribution in [2.75, 3.05) is 0 Å². The summed E-state index contributed by atoms with van der Waals surface area (Å²) in [4.78, 5) is 0. The maximum absolute atomic E-state index is 3.72. The zero-order valence-electron chi connectivity index (χ0n) is 9.26. The van der Waals surface area contributed by atoms with Crippen LogP contribution in [0.2, 0.25) is 0 Å². The molecule has 0 aliphatic heterocycles. The molecule has 2 aromatic heterocycles. The minimum atomic E-state index is 0.979. The summed E-state index contributed by atoms with van der Waals surface area (Å²) in [7, 11) is 0. The van der Waals surface area contributed by atoms with Crippen molar-refractivity contribution in [3.05, 3.63) is 70.1 Å².